The van der Waals surface area contributed by atoms with Gasteiger partial charge in [0.05, 0.1) is 7.11 Å². The Hall–Kier alpha value is -0.160. The van der Waals surface area contributed by atoms with Crippen LogP contribution >= 0.6 is 0 Å². The third-order valence-corrected chi connectivity index (χ3v) is 0.705. The summed E-state index contributed by atoms with van der Waals surface area (Å²) in [4.78, 5) is 4.30. The minimum absolute atomic E-state index is 0.355. The topological polar surface area (TPSA) is 48.8 Å². The van der Waals surface area contributed by atoms with Crippen LogP contribution in [0.4, 0.5) is 0 Å². The summed E-state index contributed by atoms with van der Waals surface area (Å²) >= 11 is 0. The first kappa shape index (κ1) is 7.84. The quantitative estimate of drug-likeness (QED) is 0.460. The van der Waals surface area contributed by atoms with Crippen molar-refractivity contribution in [3.05, 3.63) is 5.21 Å². The maximum atomic E-state index is 10.2. The number of hydrogen-bond acceptors (Lipinski definition) is 3. The van der Waals surface area contributed by atoms with Crippen LogP contribution < -0.4 is 10.8 Å². The van der Waals surface area contributed by atoms with Gasteiger partial charge in [0, 0.05) is 6.54 Å². The maximum Gasteiger partial charge on any atom is 0.0983 e. The van der Waals surface area contributed by atoms with E-state index in [1.165, 1.54) is 7.11 Å². The highest BCUT2D eigenvalue weighted by molar-refractivity contribution is 4.23. The van der Waals surface area contributed by atoms with Gasteiger partial charge in [-0.3, -0.25) is 0 Å². The van der Waals surface area contributed by atoms with E-state index < -0.39 is 0 Å². The molecule has 0 aromatic rings. The Morgan fingerprint density at radius 3 is 2.75 bits per heavy atom. The zero-order valence-corrected chi connectivity index (χ0v) is 5.23. The van der Waals surface area contributed by atoms with Crippen molar-refractivity contribution in [3.63, 3.8) is 0 Å². The van der Waals surface area contributed by atoms with Gasteiger partial charge in [-0.25, -0.2) is 0 Å². The fourth-order valence-corrected chi connectivity index (χ4v) is 0.299. The molecule has 0 fully saturated rings. The van der Waals surface area contributed by atoms with Gasteiger partial charge in [0.2, 0.25) is 0 Å². The Balaban J connectivity index is 2.86. The maximum absolute atomic E-state index is 10.2. The average molecular weight is 120 g/mol. The van der Waals surface area contributed by atoms with Crippen LogP contribution in [0.2, 0.25) is 0 Å². The number of hydrogen-bond donors (Lipinski definition) is 2. The average Bonchev–Trinajstić information content (AvgIpc) is 1.83. The number of nitrogens with one attached hydrogen (secondary N) is 2. The van der Waals surface area contributed by atoms with Crippen LogP contribution in [0.3, 0.4) is 0 Å². The molecule has 1 unspecified atom stereocenters. The molecule has 8 heavy (non-hydrogen) atoms. The van der Waals surface area contributed by atoms with Crippen molar-refractivity contribution in [1.29, 1.82) is 0 Å². The van der Waals surface area contributed by atoms with Gasteiger partial charge in [0.25, 0.3) is 0 Å². The molecule has 0 rings (SSSR count). The largest absolute Gasteiger partial charge is 0.579 e. The van der Waals surface area contributed by atoms with Crippen molar-refractivity contribution in [2.45, 2.75) is 13.3 Å². The Kier molecular flexibility index (Phi) is 4.89. The molecule has 4 heteroatoms. The molecule has 2 N–H and O–H groups in total. The van der Waals surface area contributed by atoms with Crippen LogP contribution in [0.1, 0.15) is 13.3 Å². The van der Waals surface area contributed by atoms with Gasteiger partial charge in [-0.1, -0.05) is 6.92 Å². The van der Waals surface area contributed by atoms with E-state index in [2.05, 4.69) is 10.3 Å². The highest BCUT2D eigenvalue weighted by Crippen LogP contribution is 1.61. The molecule has 0 amide bonds. The van der Waals surface area contributed by atoms with Gasteiger partial charge in [0.15, 0.2) is 0 Å². The molecular formula is C4H12N2O2. The molecule has 0 aromatic carbocycles. The standard InChI is InChI=1S/C4H12N2O2/c1-3-4-5-6(7)8-2/h5-6H,3-4H2,1-2H3. The summed E-state index contributed by atoms with van der Waals surface area (Å²) in [5, 5.41) is 9.88. The molecule has 0 aromatic heterocycles. The molecular weight excluding hydrogens is 108 g/mol. The normalized spacial score (nSPS) is 13.9. The Bertz CT molecular complexity index is 51.3. The lowest BCUT2D eigenvalue weighted by atomic mass is 10.5. The summed E-state index contributed by atoms with van der Waals surface area (Å²) in [5.41, 5.74) is 2.52. The van der Waals surface area contributed by atoms with Gasteiger partial charge in [-0.2, -0.15) is 4.84 Å². The molecule has 1 atom stereocenters. The van der Waals surface area contributed by atoms with Gasteiger partial charge >= 0.3 is 0 Å². The second kappa shape index (κ2) is 4.99. The van der Waals surface area contributed by atoms with E-state index in [4.69, 9.17) is 0 Å². The summed E-state index contributed by atoms with van der Waals surface area (Å²) in [5.74, 6) is 0. The van der Waals surface area contributed by atoms with Crippen LogP contribution in [0, 0.1) is 5.21 Å². The fourth-order valence-electron chi connectivity index (χ4n) is 0.299. The molecule has 0 bridgehead atoms. The molecule has 0 radical (unpaired) electrons. The van der Waals surface area contributed by atoms with Gasteiger partial charge in [0.1, 0.15) is 0 Å². The van der Waals surface area contributed by atoms with E-state index in [-0.39, 0.29) is 5.34 Å². The Labute approximate surface area is 48.9 Å². The van der Waals surface area contributed by atoms with Gasteiger partial charge in [-0.05, 0) is 6.42 Å². The predicted octanol–water partition coefficient (Wildman–Crippen LogP) is -1.15. The van der Waals surface area contributed by atoms with Crippen LogP contribution in [-0.2, 0) is 4.84 Å². The first-order valence-electron chi connectivity index (χ1n) is 2.63. The Morgan fingerprint density at radius 2 is 2.38 bits per heavy atom. The lowest BCUT2D eigenvalue weighted by molar-refractivity contribution is -1.08. The lowest BCUT2D eigenvalue weighted by Crippen LogP contribution is -3.13. The first-order chi connectivity index (χ1) is 3.81. The van der Waals surface area contributed by atoms with Crippen molar-refractivity contribution < 1.29 is 10.2 Å². The molecule has 0 heterocycles. The molecule has 0 spiro atoms. The van der Waals surface area contributed by atoms with E-state index in [0.717, 1.165) is 6.42 Å². The molecule has 0 saturated heterocycles. The predicted molar refractivity (Wildman–Crippen MR) is 29.6 cm³/mol. The SMILES string of the molecule is CCCN[NH+]([O-])OC. The van der Waals surface area contributed by atoms with Crippen molar-refractivity contribution in [1.82, 2.24) is 5.43 Å². The van der Waals surface area contributed by atoms with E-state index in [1.54, 1.807) is 0 Å². The summed E-state index contributed by atoms with van der Waals surface area (Å²) < 4.78 is 0. The van der Waals surface area contributed by atoms with Crippen LogP contribution in [-0.4, -0.2) is 13.7 Å². The molecule has 50 valence electrons. The van der Waals surface area contributed by atoms with Crippen molar-refractivity contribution in [2.24, 2.45) is 0 Å². The fraction of sp³-hybridized carbons (Fsp3) is 1.00. The van der Waals surface area contributed by atoms with Gasteiger partial charge < -0.3 is 5.21 Å². The smallest absolute Gasteiger partial charge is 0.0983 e. The summed E-state index contributed by atoms with van der Waals surface area (Å²) in [6.45, 7) is 2.67. The summed E-state index contributed by atoms with van der Waals surface area (Å²) in [6, 6.07) is 0. The second-order valence-electron chi connectivity index (χ2n) is 1.42. The molecule has 0 aliphatic carbocycles. The van der Waals surface area contributed by atoms with Crippen LogP contribution in [0.5, 0.6) is 0 Å². The zero-order chi connectivity index (χ0) is 6.41. The minimum Gasteiger partial charge on any atom is -0.579 e. The molecule has 0 aliphatic heterocycles. The van der Waals surface area contributed by atoms with Crippen molar-refractivity contribution >= 4 is 0 Å². The number of quaternary nitrogens is 1. The van der Waals surface area contributed by atoms with Crippen LogP contribution in [0.25, 0.3) is 0 Å². The molecule has 0 saturated carbocycles. The molecule has 4 nitrogen and oxygen atoms in total. The zero-order valence-electron chi connectivity index (χ0n) is 5.23. The minimum atomic E-state index is -0.355. The van der Waals surface area contributed by atoms with Crippen molar-refractivity contribution in [2.75, 3.05) is 13.7 Å². The Morgan fingerprint density at radius 1 is 1.75 bits per heavy atom. The second-order valence-corrected chi connectivity index (χ2v) is 1.42. The molecule has 0 aliphatic rings. The van der Waals surface area contributed by atoms with E-state index in [1.807, 2.05) is 6.92 Å². The van der Waals surface area contributed by atoms with E-state index >= 15 is 0 Å². The number of rotatable bonds is 4. The van der Waals surface area contributed by atoms with Crippen molar-refractivity contribution in [3.8, 4) is 0 Å². The van der Waals surface area contributed by atoms with E-state index in [9.17, 15) is 5.21 Å². The summed E-state index contributed by atoms with van der Waals surface area (Å²) in [7, 11) is 1.35. The van der Waals surface area contributed by atoms with Crippen LogP contribution in [0.15, 0.2) is 0 Å². The summed E-state index contributed by atoms with van der Waals surface area (Å²) in [6.07, 6.45) is 0.940. The van der Waals surface area contributed by atoms with Gasteiger partial charge in [-0.15, -0.1) is 10.8 Å². The first-order valence-corrected chi connectivity index (χ1v) is 2.63. The highest BCUT2D eigenvalue weighted by Gasteiger charge is 1.87. The van der Waals surface area contributed by atoms with E-state index in [0.29, 0.717) is 6.54 Å². The third kappa shape index (κ3) is 4.01. The highest BCUT2D eigenvalue weighted by atomic mass is 16.9. The monoisotopic (exact) mass is 120 g/mol. The lowest BCUT2D eigenvalue weighted by Gasteiger charge is -2.15. The third-order valence-electron chi connectivity index (χ3n) is 0.705.